The van der Waals surface area contributed by atoms with E-state index in [1.807, 2.05) is 0 Å². The molecular weight excluding hydrogens is 490 g/mol. The first-order valence-electron chi connectivity index (χ1n) is 8.15. The number of hydrogen-bond donors (Lipinski definition) is 0. The summed E-state index contributed by atoms with van der Waals surface area (Å²) < 4.78 is 26.9. The summed E-state index contributed by atoms with van der Waals surface area (Å²) in [5, 5.41) is 0.584. The van der Waals surface area contributed by atoms with Crippen LogP contribution < -0.4 is 0 Å². The summed E-state index contributed by atoms with van der Waals surface area (Å²) in [6, 6.07) is 0. The number of ether oxygens (including phenoxy) is 5. The van der Waals surface area contributed by atoms with Crippen LogP contribution in [0.15, 0.2) is 0 Å². The molecule has 1 aliphatic heterocycles. The van der Waals surface area contributed by atoms with Crippen molar-refractivity contribution in [2.45, 2.75) is 75.1 Å². The number of carbonyl (C=O) groups is 4. The monoisotopic (exact) mass is 516 g/mol. The van der Waals surface area contributed by atoms with Gasteiger partial charge in [-0.05, 0) is 0 Å². The van der Waals surface area contributed by atoms with Gasteiger partial charge in [-0.15, -0.1) is 0 Å². The first kappa shape index (κ1) is 24.0. The van der Waals surface area contributed by atoms with Gasteiger partial charge < -0.3 is 0 Å². The number of carbonyl (C=O) groups excluding carboxylic acids is 4. The molecule has 0 aromatic carbocycles. The summed E-state index contributed by atoms with van der Waals surface area (Å²) in [4.78, 5) is 46.3. The van der Waals surface area contributed by atoms with Gasteiger partial charge in [0.25, 0.3) is 0 Å². The van der Waals surface area contributed by atoms with Gasteiger partial charge in [-0.1, -0.05) is 0 Å². The minimum atomic E-state index is -1.27. The van der Waals surface area contributed by atoms with E-state index in [0.717, 1.165) is 6.92 Å². The molecule has 0 aromatic heterocycles. The van der Waals surface area contributed by atoms with E-state index >= 15 is 0 Å². The predicted molar refractivity (Wildman–Crippen MR) is 95.1 cm³/mol. The Morgan fingerprint density at radius 1 is 0.778 bits per heavy atom. The summed E-state index contributed by atoms with van der Waals surface area (Å²) in [7, 11) is 0. The van der Waals surface area contributed by atoms with Crippen LogP contribution in [0.3, 0.4) is 0 Å². The van der Waals surface area contributed by atoms with Crippen molar-refractivity contribution >= 4 is 49.6 Å². The Morgan fingerprint density at radius 3 is 1.67 bits per heavy atom. The molecule has 0 spiro atoms. The van der Waals surface area contributed by atoms with E-state index in [-0.39, 0.29) is 13.0 Å². The van der Waals surface area contributed by atoms with Gasteiger partial charge in [0.05, 0.1) is 0 Å². The predicted octanol–water partition coefficient (Wildman–Crippen LogP) is 0.443. The Bertz CT molecular complexity index is 568. The molecule has 0 bridgehead atoms. The van der Waals surface area contributed by atoms with Crippen molar-refractivity contribution in [2.24, 2.45) is 0 Å². The van der Waals surface area contributed by atoms with Gasteiger partial charge in [-0.2, -0.15) is 0 Å². The van der Waals surface area contributed by atoms with Crippen LogP contribution in [0.2, 0.25) is 16.7 Å². The molecule has 0 unspecified atom stereocenters. The maximum atomic E-state index is 11.6. The van der Waals surface area contributed by atoms with Gasteiger partial charge in [-0.25, -0.2) is 0 Å². The summed E-state index contributed by atoms with van der Waals surface area (Å²) in [5.74, 6) is -2.57. The zero-order valence-corrected chi connectivity index (χ0v) is 19.7. The van der Waals surface area contributed by atoms with Crippen molar-refractivity contribution in [3.8, 4) is 0 Å². The Balaban J connectivity index is 3.27. The van der Waals surface area contributed by atoms with Crippen molar-refractivity contribution in [3.05, 3.63) is 0 Å². The Kier molecular flexibility index (Phi) is 9.80. The molecule has 1 fully saturated rings. The molecule has 11 heteroatoms. The van der Waals surface area contributed by atoms with Gasteiger partial charge in [-0.3, -0.25) is 0 Å². The van der Waals surface area contributed by atoms with Crippen molar-refractivity contribution in [1.29, 1.82) is 0 Å². The average Bonchev–Trinajstić information content (AvgIpc) is 2.49. The molecule has 1 heterocycles. The SMILES string of the molecule is CC(=O)O[C@H]1O[C@H](C[Se][As](C)C)[C@@H](OC(C)=O)[C@H](OC(C)=O)[C@H]1OC(C)=O. The van der Waals surface area contributed by atoms with E-state index in [4.69, 9.17) is 23.7 Å². The van der Waals surface area contributed by atoms with Gasteiger partial charge in [0, 0.05) is 0 Å². The van der Waals surface area contributed by atoms with Crippen LogP contribution in [-0.2, 0) is 42.9 Å². The fraction of sp³-hybridized carbons (Fsp3) is 0.750. The van der Waals surface area contributed by atoms with Crippen molar-refractivity contribution < 1.29 is 42.9 Å². The standard InChI is InChI=1S/C16H25AsO9Se/c1-8(18)22-13-12(7-27-17(5)6)26-16(25-11(4)21)15(24-10(3)20)14(13)23-9(2)19/h12-16H,7H2,1-6H3/t12-,13-,14+,15-,16+/m1/s1. The molecular formula is C16H25AsO9Se. The zero-order valence-electron chi connectivity index (χ0n) is 16.1. The van der Waals surface area contributed by atoms with Crippen molar-refractivity contribution in [3.63, 3.8) is 0 Å². The van der Waals surface area contributed by atoms with Crippen LogP contribution in [0.4, 0.5) is 0 Å². The van der Waals surface area contributed by atoms with Crippen LogP contribution in [0.1, 0.15) is 27.7 Å². The third-order valence-corrected chi connectivity index (χ3v) is 12.6. The molecule has 5 atom stereocenters. The molecule has 1 aliphatic rings. The third-order valence-electron chi connectivity index (χ3n) is 3.28. The maximum absolute atomic E-state index is 11.6. The van der Waals surface area contributed by atoms with E-state index in [2.05, 4.69) is 11.4 Å². The van der Waals surface area contributed by atoms with Crippen LogP contribution in [-0.4, -0.2) is 80.3 Å². The molecule has 0 N–H and O–H groups in total. The third kappa shape index (κ3) is 8.21. The van der Waals surface area contributed by atoms with Crippen LogP contribution in [0.25, 0.3) is 0 Å². The van der Waals surface area contributed by atoms with Gasteiger partial charge in [0.15, 0.2) is 0 Å². The van der Waals surface area contributed by atoms with Gasteiger partial charge in [0.1, 0.15) is 0 Å². The van der Waals surface area contributed by atoms with Gasteiger partial charge >= 0.3 is 168 Å². The van der Waals surface area contributed by atoms with Crippen LogP contribution in [0, 0.1) is 0 Å². The summed E-state index contributed by atoms with van der Waals surface area (Å²) >= 11 is -0.695. The molecule has 27 heavy (non-hydrogen) atoms. The van der Waals surface area contributed by atoms with Crippen molar-refractivity contribution in [2.75, 3.05) is 0 Å². The fourth-order valence-corrected chi connectivity index (χ4v) is 8.82. The molecule has 0 saturated carbocycles. The molecule has 0 aromatic rings. The number of hydrogen-bond acceptors (Lipinski definition) is 9. The van der Waals surface area contributed by atoms with Crippen LogP contribution in [0.5, 0.6) is 0 Å². The Morgan fingerprint density at radius 2 is 1.22 bits per heavy atom. The van der Waals surface area contributed by atoms with E-state index < -0.39 is 67.4 Å². The molecule has 1 rings (SSSR count). The van der Waals surface area contributed by atoms with Crippen molar-refractivity contribution in [1.82, 2.24) is 0 Å². The number of esters is 4. The molecule has 0 amide bonds. The molecule has 0 radical (unpaired) electrons. The molecule has 0 aliphatic carbocycles. The van der Waals surface area contributed by atoms with Crippen LogP contribution >= 0.6 is 0 Å². The fourth-order valence-electron chi connectivity index (χ4n) is 2.47. The van der Waals surface area contributed by atoms with E-state index in [9.17, 15) is 19.2 Å². The second kappa shape index (κ2) is 11.0. The summed E-state index contributed by atoms with van der Waals surface area (Å²) in [6.07, 6.45) is -5.29. The Labute approximate surface area is 167 Å². The zero-order chi connectivity index (χ0) is 20.7. The Hall–Kier alpha value is -1.08. The average molecular weight is 515 g/mol. The van der Waals surface area contributed by atoms with E-state index in [1.165, 1.54) is 20.8 Å². The summed E-state index contributed by atoms with van der Waals surface area (Å²) in [6.45, 7) is 4.76. The minimum absolute atomic E-state index is 0.270. The number of rotatable bonds is 7. The van der Waals surface area contributed by atoms with E-state index in [1.54, 1.807) is 0 Å². The van der Waals surface area contributed by atoms with E-state index in [0.29, 0.717) is 5.32 Å². The first-order chi connectivity index (χ1) is 12.5. The second-order valence-corrected chi connectivity index (χ2v) is 21.4. The van der Waals surface area contributed by atoms with Gasteiger partial charge in [0.2, 0.25) is 0 Å². The quantitative estimate of drug-likeness (QED) is 0.271. The normalized spacial score (nSPS) is 27.6. The molecule has 154 valence electrons. The molecule has 9 nitrogen and oxygen atoms in total. The topological polar surface area (TPSA) is 114 Å². The molecule has 1 saturated heterocycles. The summed E-state index contributed by atoms with van der Waals surface area (Å²) in [5.41, 5.74) is 4.37. The first-order valence-corrected chi connectivity index (χ1v) is 17.9. The second-order valence-electron chi connectivity index (χ2n) is 5.98.